The van der Waals surface area contributed by atoms with Crippen molar-refractivity contribution >= 4 is 0 Å². The Morgan fingerprint density at radius 3 is 2.94 bits per heavy atom. The van der Waals surface area contributed by atoms with Gasteiger partial charge in [-0.1, -0.05) is 29.1 Å². The van der Waals surface area contributed by atoms with Crippen molar-refractivity contribution in [1.82, 2.24) is 0 Å². The van der Waals surface area contributed by atoms with E-state index in [0.29, 0.717) is 0 Å². The van der Waals surface area contributed by atoms with Gasteiger partial charge in [0.15, 0.2) is 0 Å². The first-order chi connectivity index (χ1) is 8.30. The molecule has 0 aliphatic heterocycles. The van der Waals surface area contributed by atoms with Crippen molar-refractivity contribution in [3.8, 4) is 17.9 Å². The van der Waals surface area contributed by atoms with E-state index >= 15 is 0 Å². The van der Waals surface area contributed by atoms with E-state index in [-0.39, 0.29) is 12.0 Å². The number of hydrogen-bond donors (Lipinski definition) is 0. The Morgan fingerprint density at radius 2 is 2.29 bits per heavy atom. The highest BCUT2D eigenvalue weighted by Crippen LogP contribution is 2.47. The third-order valence-electron chi connectivity index (χ3n) is 2.82. The Kier molecular flexibility index (Phi) is 3.01. The molecule has 0 amide bonds. The minimum Gasteiger partial charge on any atom is -0.197 e. The predicted octanol–water partition coefficient (Wildman–Crippen LogP) is 2.90. The van der Waals surface area contributed by atoms with Crippen LogP contribution in [0.5, 0.6) is 0 Å². The number of nitriles is 1. The van der Waals surface area contributed by atoms with E-state index in [0.717, 1.165) is 24.0 Å². The fourth-order valence-electron chi connectivity index (χ4n) is 1.69. The van der Waals surface area contributed by atoms with Gasteiger partial charge in [-0.25, -0.2) is 0 Å². The van der Waals surface area contributed by atoms with Crippen LogP contribution in [0.15, 0.2) is 29.4 Å². The average Bonchev–Trinajstić information content (AvgIpc) is 3.16. The standard InChI is InChI=1S/C13H10N4/c14-10-13(6-7-13)12-5-1-3-11(9-12)4-2-8-16-17-15/h1,3,5,9H,6-8H2. The highest BCUT2D eigenvalue weighted by Gasteiger charge is 2.44. The second-order valence-corrected chi connectivity index (χ2v) is 3.97. The maximum atomic E-state index is 9.11. The van der Waals surface area contributed by atoms with Crippen molar-refractivity contribution in [3.05, 3.63) is 45.8 Å². The maximum absolute atomic E-state index is 9.11. The zero-order chi connectivity index (χ0) is 12.1. The molecule has 82 valence electrons. The summed E-state index contributed by atoms with van der Waals surface area (Å²) >= 11 is 0. The molecule has 0 unspecified atom stereocenters. The highest BCUT2D eigenvalue weighted by atomic mass is 15.1. The minimum atomic E-state index is -0.275. The van der Waals surface area contributed by atoms with Gasteiger partial charge in [-0.3, -0.25) is 0 Å². The van der Waals surface area contributed by atoms with E-state index in [1.165, 1.54) is 0 Å². The lowest BCUT2D eigenvalue weighted by atomic mass is 9.96. The van der Waals surface area contributed by atoms with E-state index < -0.39 is 0 Å². The van der Waals surface area contributed by atoms with Gasteiger partial charge < -0.3 is 0 Å². The third-order valence-corrected chi connectivity index (χ3v) is 2.82. The summed E-state index contributed by atoms with van der Waals surface area (Å²) < 4.78 is 0. The zero-order valence-corrected chi connectivity index (χ0v) is 9.22. The number of hydrogen-bond acceptors (Lipinski definition) is 2. The molecule has 0 aromatic heterocycles. The summed E-state index contributed by atoms with van der Waals surface area (Å²) in [5.41, 5.74) is 9.73. The summed E-state index contributed by atoms with van der Waals surface area (Å²) in [6.07, 6.45) is 1.86. The van der Waals surface area contributed by atoms with Crippen LogP contribution in [0.4, 0.5) is 0 Å². The van der Waals surface area contributed by atoms with Crippen LogP contribution in [0.3, 0.4) is 0 Å². The normalized spacial score (nSPS) is 14.8. The molecule has 0 spiro atoms. The molecule has 0 bridgehead atoms. The van der Waals surface area contributed by atoms with Crippen LogP contribution < -0.4 is 0 Å². The van der Waals surface area contributed by atoms with Crippen LogP contribution >= 0.6 is 0 Å². The number of nitrogens with zero attached hydrogens (tertiary/aromatic N) is 4. The second-order valence-electron chi connectivity index (χ2n) is 3.97. The second kappa shape index (κ2) is 4.61. The largest absolute Gasteiger partial charge is 0.197 e. The van der Waals surface area contributed by atoms with Crippen LogP contribution in [0.1, 0.15) is 24.0 Å². The zero-order valence-electron chi connectivity index (χ0n) is 9.22. The summed E-state index contributed by atoms with van der Waals surface area (Å²) in [6.45, 7) is 0.171. The van der Waals surface area contributed by atoms with Crippen molar-refractivity contribution in [2.24, 2.45) is 5.11 Å². The quantitative estimate of drug-likeness (QED) is 0.328. The van der Waals surface area contributed by atoms with Gasteiger partial charge in [-0.05, 0) is 36.1 Å². The fraction of sp³-hybridized carbons (Fsp3) is 0.308. The van der Waals surface area contributed by atoms with Crippen molar-refractivity contribution < 1.29 is 0 Å². The lowest BCUT2D eigenvalue weighted by molar-refractivity contribution is 0.908. The molecule has 0 N–H and O–H groups in total. The Balaban J connectivity index is 2.20. The van der Waals surface area contributed by atoms with E-state index in [1.54, 1.807) is 0 Å². The monoisotopic (exact) mass is 222 g/mol. The molecule has 1 aromatic carbocycles. The first-order valence-electron chi connectivity index (χ1n) is 5.32. The van der Waals surface area contributed by atoms with Crippen molar-refractivity contribution in [2.45, 2.75) is 18.3 Å². The van der Waals surface area contributed by atoms with Gasteiger partial charge in [0.1, 0.15) is 0 Å². The molecule has 1 fully saturated rings. The van der Waals surface area contributed by atoms with Gasteiger partial charge in [-0.2, -0.15) is 5.26 Å². The average molecular weight is 222 g/mol. The van der Waals surface area contributed by atoms with Crippen LogP contribution in [0.25, 0.3) is 10.4 Å². The molecular weight excluding hydrogens is 212 g/mol. The molecule has 0 saturated heterocycles. The molecule has 17 heavy (non-hydrogen) atoms. The molecule has 1 aliphatic carbocycles. The number of azide groups is 1. The van der Waals surface area contributed by atoms with E-state index in [2.05, 4.69) is 27.9 Å². The topological polar surface area (TPSA) is 72.5 Å². The van der Waals surface area contributed by atoms with Crippen molar-refractivity contribution in [1.29, 1.82) is 5.26 Å². The smallest absolute Gasteiger partial charge is 0.0880 e. The highest BCUT2D eigenvalue weighted by molar-refractivity contribution is 5.45. The van der Waals surface area contributed by atoms with E-state index in [4.69, 9.17) is 10.8 Å². The molecule has 1 aliphatic rings. The van der Waals surface area contributed by atoms with E-state index in [1.807, 2.05) is 24.3 Å². The number of rotatable bonds is 2. The van der Waals surface area contributed by atoms with Crippen LogP contribution in [-0.2, 0) is 5.41 Å². The van der Waals surface area contributed by atoms with Gasteiger partial charge in [0, 0.05) is 10.5 Å². The summed E-state index contributed by atoms with van der Waals surface area (Å²) in [4.78, 5) is 2.63. The van der Waals surface area contributed by atoms with Crippen LogP contribution in [0.2, 0.25) is 0 Å². The SMILES string of the molecule is N#CC1(c2cccc(C#CCN=[N+]=[N-])c2)CC1. The molecule has 2 rings (SSSR count). The van der Waals surface area contributed by atoms with Gasteiger partial charge in [0.2, 0.25) is 0 Å². The summed E-state index contributed by atoms with van der Waals surface area (Å²) in [5.74, 6) is 5.69. The van der Waals surface area contributed by atoms with Gasteiger partial charge in [0.25, 0.3) is 0 Å². The molecule has 1 saturated carbocycles. The van der Waals surface area contributed by atoms with Gasteiger partial charge in [0.05, 0.1) is 18.0 Å². The molecule has 4 nitrogen and oxygen atoms in total. The van der Waals surface area contributed by atoms with Crippen molar-refractivity contribution in [3.63, 3.8) is 0 Å². The lowest BCUT2D eigenvalue weighted by Crippen LogP contribution is -2.02. The molecule has 0 atom stereocenters. The summed E-state index contributed by atoms with van der Waals surface area (Å²) in [6, 6.07) is 10.1. The molecule has 0 radical (unpaired) electrons. The first kappa shape index (κ1) is 11.1. The minimum absolute atomic E-state index is 0.171. The fourth-order valence-corrected chi connectivity index (χ4v) is 1.69. The molecule has 4 heteroatoms. The van der Waals surface area contributed by atoms with Crippen molar-refractivity contribution in [2.75, 3.05) is 6.54 Å². The Morgan fingerprint density at radius 1 is 1.47 bits per heavy atom. The van der Waals surface area contributed by atoms with Crippen LogP contribution in [-0.4, -0.2) is 6.54 Å². The van der Waals surface area contributed by atoms with Gasteiger partial charge >= 0.3 is 0 Å². The van der Waals surface area contributed by atoms with Crippen LogP contribution in [0, 0.1) is 23.2 Å². The Labute approximate surface area is 99.5 Å². The first-order valence-corrected chi connectivity index (χ1v) is 5.32. The summed E-state index contributed by atoms with van der Waals surface area (Å²) in [7, 11) is 0. The summed E-state index contributed by atoms with van der Waals surface area (Å²) in [5, 5.41) is 12.4. The van der Waals surface area contributed by atoms with Gasteiger partial charge in [-0.15, -0.1) is 0 Å². The predicted molar refractivity (Wildman–Crippen MR) is 63.9 cm³/mol. The third kappa shape index (κ3) is 2.39. The van der Waals surface area contributed by atoms with E-state index in [9.17, 15) is 0 Å². The molecule has 1 aromatic rings. The maximum Gasteiger partial charge on any atom is 0.0880 e. The lowest BCUT2D eigenvalue weighted by Gasteiger charge is -2.05. The Hall–Kier alpha value is -2.42. The molecule has 0 heterocycles. The Bertz CT molecular complexity index is 575. The molecular formula is C13H10N4. The number of benzene rings is 1.